The predicted molar refractivity (Wildman–Crippen MR) is 108 cm³/mol. The molecule has 0 aliphatic rings. The molecule has 2 aromatic carbocycles. The molecule has 29 heavy (non-hydrogen) atoms. The summed E-state index contributed by atoms with van der Waals surface area (Å²) in [4.78, 5) is 14.7. The molecule has 0 saturated heterocycles. The first-order valence-corrected chi connectivity index (χ1v) is 9.37. The van der Waals surface area contributed by atoms with Crippen LogP contribution in [0.3, 0.4) is 0 Å². The van der Waals surface area contributed by atoms with Crippen LogP contribution in [-0.4, -0.2) is 41.2 Å². The Kier molecular flexibility index (Phi) is 6.30. The molecule has 0 saturated carbocycles. The first-order chi connectivity index (χ1) is 13.8. The first-order valence-electron chi connectivity index (χ1n) is 8.99. The van der Waals surface area contributed by atoms with Gasteiger partial charge in [-0.3, -0.25) is 4.79 Å². The van der Waals surface area contributed by atoms with Crippen molar-refractivity contribution < 1.29 is 13.6 Å². The first kappa shape index (κ1) is 21.0. The van der Waals surface area contributed by atoms with Crippen molar-refractivity contribution in [3.63, 3.8) is 0 Å². The summed E-state index contributed by atoms with van der Waals surface area (Å²) in [6.45, 7) is 1.93. The SMILES string of the molecule is Cc1nn(-c2ccc(F)cc2)c(Cl)c1C(=O)NCC(c1cccc(F)c1)N(C)C. The van der Waals surface area contributed by atoms with Gasteiger partial charge < -0.3 is 10.2 Å². The zero-order chi connectivity index (χ0) is 21.1. The smallest absolute Gasteiger partial charge is 0.256 e. The molecule has 152 valence electrons. The van der Waals surface area contributed by atoms with Crippen LogP contribution in [0.4, 0.5) is 8.78 Å². The highest BCUT2D eigenvalue weighted by atomic mass is 35.5. The number of likely N-dealkylation sites (N-methyl/N-ethyl adjacent to an activating group) is 1. The fourth-order valence-electron chi connectivity index (χ4n) is 3.10. The molecule has 1 aromatic heterocycles. The highest BCUT2D eigenvalue weighted by molar-refractivity contribution is 6.33. The van der Waals surface area contributed by atoms with Gasteiger partial charge in [-0.2, -0.15) is 5.10 Å². The number of rotatable bonds is 6. The van der Waals surface area contributed by atoms with E-state index in [-0.39, 0.29) is 40.8 Å². The number of aromatic nitrogens is 2. The summed E-state index contributed by atoms with van der Waals surface area (Å²) in [5.41, 5.74) is 1.99. The largest absolute Gasteiger partial charge is 0.350 e. The molecular weight excluding hydrogens is 398 g/mol. The maximum absolute atomic E-state index is 13.6. The Morgan fingerprint density at radius 1 is 1.17 bits per heavy atom. The van der Waals surface area contributed by atoms with Crippen LogP contribution in [0.25, 0.3) is 5.69 Å². The molecule has 0 fully saturated rings. The van der Waals surface area contributed by atoms with Gasteiger partial charge in [0.1, 0.15) is 16.8 Å². The number of nitrogens with one attached hydrogen (secondary N) is 1. The molecule has 1 amide bonds. The van der Waals surface area contributed by atoms with Crippen LogP contribution < -0.4 is 5.32 Å². The fraction of sp³-hybridized carbons (Fsp3) is 0.238. The van der Waals surface area contributed by atoms with E-state index in [1.807, 2.05) is 25.1 Å². The molecule has 0 bridgehead atoms. The molecule has 3 rings (SSSR count). The van der Waals surface area contributed by atoms with Gasteiger partial charge in [-0.05, 0) is 63.0 Å². The van der Waals surface area contributed by atoms with Crippen LogP contribution in [0, 0.1) is 18.6 Å². The number of benzene rings is 2. The second kappa shape index (κ2) is 8.71. The third-order valence-corrected chi connectivity index (χ3v) is 4.96. The van der Waals surface area contributed by atoms with E-state index in [0.29, 0.717) is 11.4 Å². The Labute approximate surface area is 172 Å². The molecule has 3 aromatic rings. The van der Waals surface area contributed by atoms with E-state index in [2.05, 4.69) is 10.4 Å². The average molecular weight is 419 g/mol. The quantitative estimate of drug-likeness (QED) is 0.654. The third kappa shape index (κ3) is 4.63. The molecular formula is C21H21ClF2N4O. The lowest BCUT2D eigenvalue weighted by Gasteiger charge is -2.25. The van der Waals surface area contributed by atoms with Gasteiger partial charge in [-0.15, -0.1) is 0 Å². The Morgan fingerprint density at radius 2 is 1.86 bits per heavy atom. The van der Waals surface area contributed by atoms with Gasteiger partial charge in [-0.25, -0.2) is 13.5 Å². The summed E-state index contributed by atoms with van der Waals surface area (Å²) in [5.74, 6) is -1.09. The van der Waals surface area contributed by atoms with E-state index in [9.17, 15) is 13.6 Å². The summed E-state index contributed by atoms with van der Waals surface area (Å²) in [6.07, 6.45) is 0. The molecule has 8 heteroatoms. The van der Waals surface area contributed by atoms with Crippen LogP contribution in [0.1, 0.15) is 27.7 Å². The molecule has 0 aliphatic carbocycles. The van der Waals surface area contributed by atoms with E-state index in [4.69, 9.17) is 11.6 Å². The number of hydrogen-bond acceptors (Lipinski definition) is 3. The van der Waals surface area contributed by atoms with Crippen molar-refractivity contribution in [2.45, 2.75) is 13.0 Å². The van der Waals surface area contributed by atoms with Gasteiger partial charge in [0.2, 0.25) is 0 Å². The normalized spacial score (nSPS) is 12.2. The van der Waals surface area contributed by atoms with Gasteiger partial charge in [0.15, 0.2) is 0 Å². The Hall–Kier alpha value is -2.77. The number of amides is 1. The van der Waals surface area contributed by atoms with Gasteiger partial charge in [-0.1, -0.05) is 23.7 Å². The van der Waals surface area contributed by atoms with E-state index < -0.39 is 0 Å². The summed E-state index contributed by atoms with van der Waals surface area (Å²) < 4.78 is 28.1. The lowest BCUT2D eigenvalue weighted by molar-refractivity contribution is 0.0941. The number of nitrogens with zero attached hydrogens (tertiary/aromatic N) is 3. The number of halogens is 3. The second-order valence-electron chi connectivity index (χ2n) is 6.88. The minimum Gasteiger partial charge on any atom is -0.350 e. The maximum Gasteiger partial charge on any atom is 0.256 e. The summed E-state index contributed by atoms with van der Waals surface area (Å²) in [6, 6.07) is 11.7. The summed E-state index contributed by atoms with van der Waals surface area (Å²) in [5, 5.41) is 7.30. The Balaban J connectivity index is 1.81. The van der Waals surface area contributed by atoms with Gasteiger partial charge >= 0.3 is 0 Å². The van der Waals surface area contributed by atoms with E-state index in [1.165, 1.54) is 41.1 Å². The van der Waals surface area contributed by atoms with Crippen molar-refractivity contribution in [2.75, 3.05) is 20.6 Å². The van der Waals surface area contributed by atoms with Crippen LogP contribution in [-0.2, 0) is 0 Å². The zero-order valence-electron chi connectivity index (χ0n) is 16.3. The standard InChI is InChI=1S/C21H21ClF2N4O/c1-13-19(20(22)28(26-13)17-9-7-15(23)8-10-17)21(29)25-12-18(27(2)3)14-5-4-6-16(24)11-14/h4-11,18H,12H2,1-3H3,(H,25,29). The summed E-state index contributed by atoms with van der Waals surface area (Å²) >= 11 is 6.40. The van der Waals surface area contributed by atoms with Crippen molar-refractivity contribution in [3.05, 3.63) is 82.1 Å². The lowest BCUT2D eigenvalue weighted by atomic mass is 10.1. The highest BCUT2D eigenvalue weighted by Crippen LogP contribution is 2.24. The number of hydrogen-bond donors (Lipinski definition) is 1. The van der Waals surface area contributed by atoms with Gasteiger partial charge in [0, 0.05) is 6.54 Å². The maximum atomic E-state index is 13.6. The van der Waals surface area contributed by atoms with E-state index in [1.54, 1.807) is 13.0 Å². The molecule has 1 unspecified atom stereocenters. The average Bonchev–Trinajstić information content (AvgIpc) is 2.96. The molecule has 5 nitrogen and oxygen atoms in total. The van der Waals surface area contributed by atoms with Gasteiger partial charge in [0.25, 0.3) is 5.91 Å². The van der Waals surface area contributed by atoms with Crippen LogP contribution >= 0.6 is 11.6 Å². The van der Waals surface area contributed by atoms with Crippen molar-refractivity contribution in [1.29, 1.82) is 0 Å². The minimum absolute atomic E-state index is 0.138. The molecule has 0 aliphatic heterocycles. The third-order valence-electron chi connectivity index (χ3n) is 4.62. The van der Waals surface area contributed by atoms with E-state index >= 15 is 0 Å². The molecule has 1 heterocycles. The number of carbonyl (C=O) groups excluding carboxylic acids is 1. The van der Waals surface area contributed by atoms with E-state index in [0.717, 1.165) is 5.56 Å². The number of aryl methyl sites for hydroxylation is 1. The summed E-state index contributed by atoms with van der Waals surface area (Å²) in [7, 11) is 3.71. The van der Waals surface area contributed by atoms with Crippen LogP contribution in [0.5, 0.6) is 0 Å². The molecule has 0 radical (unpaired) electrons. The monoisotopic (exact) mass is 418 g/mol. The van der Waals surface area contributed by atoms with Crippen molar-refractivity contribution >= 4 is 17.5 Å². The van der Waals surface area contributed by atoms with Crippen molar-refractivity contribution in [1.82, 2.24) is 20.0 Å². The van der Waals surface area contributed by atoms with Gasteiger partial charge in [0.05, 0.1) is 23.0 Å². The minimum atomic E-state index is -0.385. The topological polar surface area (TPSA) is 50.2 Å². The molecule has 1 atom stereocenters. The number of carbonyl (C=O) groups is 1. The molecule has 0 spiro atoms. The zero-order valence-corrected chi connectivity index (χ0v) is 17.0. The Morgan fingerprint density at radius 3 is 2.48 bits per heavy atom. The second-order valence-corrected chi connectivity index (χ2v) is 7.24. The highest BCUT2D eigenvalue weighted by Gasteiger charge is 2.23. The fourth-order valence-corrected chi connectivity index (χ4v) is 3.46. The molecule has 1 N–H and O–H groups in total. The van der Waals surface area contributed by atoms with Crippen LogP contribution in [0.15, 0.2) is 48.5 Å². The Bertz CT molecular complexity index is 1020. The van der Waals surface area contributed by atoms with Crippen LogP contribution in [0.2, 0.25) is 5.15 Å². The lowest BCUT2D eigenvalue weighted by Crippen LogP contribution is -2.34. The predicted octanol–water partition coefficient (Wildman–Crippen LogP) is 4.15. The van der Waals surface area contributed by atoms with Crippen molar-refractivity contribution in [3.8, 4) is 5.69 Å². The van der Waals surface area contributed by atoms with Crippen molar-refractivity contribution in [2.24, 2.45) is 0 Å².